The van der Waals surface area contributed by atoms with Gasteiger partial charge in [-0.3, -0.25) is 0 Å². The average Bonchev–Trinajstić information content (AvgIpc) is 3.61. The van der Waals surface area contributed by atoms with Crippen LogP contribution < -0.4 is 0 Å². The molecule has 0 amide bonds. The van der Waals surface area contributed by atoms with Crippen molar-refractivity contribution >= 4 is 23.0 Å². The van der Waals surface area contributed by atoms with Crippen molar-refractivity contribution in [2.24, 2.45) is 16.2 Å². The van der Waals surface area contributed by atoms with Crippen molar-refractivity contribution in [3.63, 3.8) is 0 Å². The van der Waals surface area contributed by atoms with E-state index in [1.807, 2.05) is 38.1 Å². The summed E-state index contributed by atoms with van der Waals surface area (Å²) in [5, 5.41) is 18.2. The number of hydrogen-bond acceptors (Lipinski definition) is 6. The minimum absolute atomic E-state index is 0.0521. The zero-order valence-corrected chi connectivity index (χ0v) is 19.2. The molecule has 2 aromatic carbocycles. The maximum atomic E-state index is 11.6. The fourth-order valence-corrected chi connectivity index (χ4v) is 3.68. The van der Waals surface area contributed by atoms with Gasteiger partial charge in [0.05, 0.1) is 13.4 Å². The Balaban J connectivity index is 1.74. The van der Waals surface area contributed by atoms with Gasteiger partial charge in [-0.05, 0) is 36.8 Å². The van der Waals surface area contributed by atoms with Gasteiger partial charge in [0.2, 0.25) is 0 Å². The lowest BCUT2D eigenvalue weighted by molar-refractivity contribution is -0.130. The molecule has 174 valence electrons. The third kappa shape index (κ3) is 6.44. The molecule has 1 N–H and O–H groups in total. The highest BCUT2D eigenvalue weighted by Crippen LogP contribution is 2.48. The van der Waals surface area contributed by atoms with Gasteiger partial charge < -0.3 is 19.5 Å². The first-order valence-corrected chi connectivity index (χ1v) is 11.0. The first kappa shape index (κ1) is 24.0. The predicted molar refractivity (Wildman–Crippen MR) is 128 cm³/mol. The first-order chi connectivity index (χ1) is 16.1. The highest BCUT2D eigenvalue weighted by Gasteiger charge is 2.43. The largest absolute Gasteiger partial charge is 0.503 e. The van der Waals surface area contributed by atoms with E-state index in [-0.39, 0.29) is 18.1 Å². The van der Waals surface area contributed by atoms with E-state index in [1.54, 1.807) is 18.2 Å². The van der Waals surface area contributed by atoms with Crippen LogP contribution >= 0.6 is 0 Å². The minimum atomic E-state index is -1.08. The summed E-state index contributed by atoms with van der Waals surface area (Å²) in [6, 6.07) is 17.5. The molecule has 7 heteroatoms. The molecule has 1 aliphatic rings. The van der Waals surface area contributed by atoms with Crippen LogP contribution in [0, 0.1) is 5.92 Å². The molecule has 0 aromatic heterocycles. The molecule has 2 atom stereocenters. The van der Waals surface area contributed by atoms with Crippen LogP contribution in [0.25, 0.3) is 5.57 Å². The molecule has 2 aromatic rings. The van der Waals surface area contributed by atoms with E-state index in [0.717, 1.165) is 18.6 Å². The zero-order chi connectivity index (χ0) is 23.6. The Morgan fingerprint density at radius 2 is 1.82 bits per heavy atom. The molecule has 1 aliphatic carbocycles. The molecule has 0 radical (unpaired) electrons. The van der Waals surface area contributed by atoms with E-state index >= 15 is 0 Å². The smallest absolute Gasteiger partial charge is 0.339 e. The van der Waals surface area contributed by atoms with Gasteiger partial charge >= 0.3 is 5.97 Å². The lowest BCUT2D eigenvalue weighted by Gasteiger charge is -2.10. The summed E-state index contributed by atoms with van der Waals surface area (Å²) >= 11 is 0. The number of rotatable bonds is 12. The predicted octanol–water partition coefficient (Wildman–Crippen LogP) is 5.24. The van der Waals surface area contributed by atoms with E-state index in [4.69, 9.17) is 14.4 Å². The Labute approximate surface area is 194 Å². The number of hydrogen-bond donors (Lipinski definition) is 1. The number of ether oxygens (including phenoxy) is 1. The molecule has 0 saturated heterocycles. The molecule has 0 heterocycles. The highest BCUT2D eigenvalue weighted by atomic mass is 16.6. The molecule has 0 unspecified atom stereocenters. The van der Waals surface area contributed by atoms with E-state index in [9.17, 15) is 9.90 Å². The molecule has 0 spiro atoms. The highest BCUT2D eigenvalue weighted by molar-refractivity contribution is 6.42. The Morgan fingerprint density at radius 3 is 2.52 bits per heavy atom. The SMILES string of the molecule is CCCON=C(C(C)=NOCc1ccccc1/C(=C\OC)C(=O)O)[C@@H]1C[C@H]1c1ccccc1. The second-order valence-electron chi connectivity index (χ2n) is 7.85. The van der Waals surface area contributed by atoms with Crippen LogP contribution in [0.4, 0.5) is 0 Å². The quantitative estimate of drug-likeness (QED) is 0.157. The van der Waals surface area contributed by atoms with Crippen molar-refractivity contribution < 1.29 is 24.3 Å². The minimum Gasteiger partial charge on any atom is -0.503 e. The monoisotopic (exact) mass is 450 g/mol. The van der Waals surface area contributed by atoms with Crippen LogP contribution in [0.15, 0.2) is 71.2 Å². The van der Waals surface area contributed by atoms with Crippen molar-refractivity contribution in [2.45, 2.75) is 39.2 Å². The fourth-order valence-electron chi connectivity index (χ4n) is 3.68. The number of carboxylic acid groups (broad SMARTS) is 1. The molecule has 0 bridgehead atoms. The molecule has 0 aliphatic heterocycles. The number of oxime groups is 2. The van der Waals surface area contributed by atoms with Gasteiger partial charge in [0.15, 0.2) is 0 Å². The first-order valence-electron chi connectivity index (χ1n) is 11.0. The summed E-state index contributed by atoms with van der Waals surface area (Å²) in [5.41, 5.74) is 3.98. The second kappa shape index (κ2) is 11.9. The van der Waals surface area contributed by atoms with Crippen LogP contribution in [-0.2, 0) is 25.8 Å². The van der Waals surface area contributed by atoms with Gasteiger partial charge in [-0.1, -0.05) is 71.8 Å². The van der Waals surface area contributed by atoms with Crippen molar-refractivity contribution in [1.29, 1.82) is 0 Å². The second-order valence-corrected chi connectivity index (χ2v) is 7.85. The van der Waals surface area contributed by atoms with Crippen molar-refractivity contribution in [3.8, 4) is 0 Å². The molecule has 1 saturated carbocycles. The average molecular weight is 451 g/mol. The molecule has 7 nitrogen and oxygen atoms in total. The number of aliphatic carboxylic acids is 1. The van der Waals surface area contributed by atoms with E-state index in [1.165, 1.54) is 18.9 Å². The van der Waals surface area contributed by atoms with Crippen LogP contribution in [0.5, 0.6) is 0 Å². The third-order valence-corrected chi connectivity index (χ3v) is 5.39. The van der Waals surface area contributed by atoms with Gasteiger partial charge in [-0.2, -0.15) is 0 Å². The van der Waals surface area contributed by atoms with Crippen LogP contribution in [0.1, 0.15) is 49.3 Å². The van der Waals surface area contributed by atoms with E-state index < -0.39 is 5.97 Å². The molecule has 3 rings (SSSR count). The van der Waals surface area contributed by atoms with Crippen LogP contribution in [0.2, 0.25) is 0 Å². The van der Waals surface area contributed by atoms with Gasteiger partial charge in [0.25, 0.3) is 0 Å². The summed E-state index contributed by atoms with van der Waals surface area (Å²) in [5.74, 6) is -0.460. The number of carbonyl (C=O) groups is 1. The van der Waals surface area contributed by atoms with Gasteiger partial charge in [0.1, 0.15) is 30.2 Å². The molecular weight excluding hydrogens is 420 g/mol. The number of benzene rings is 2. The van der Waals surface area contributed by atoms with Gasteiger partial charge in [0, 0.05) is 11.5 Å². The number of nitrogens with zero attached hydrogens (tertiary/aromatic N) is 2. The standard InChI is InChI=1S/C26H30N2O5/c1-4-14-32-28-25(23-15-22(23)19-10-6-5-7-11-19)18(2)27-33-16-20-12-8-9-13-21(20)24(17-31-3)26(29)30/h5-13,17,22-23H,4,14-16H2,1-3H3,(H,29,30)/b24-17+,27-18?,28-25?/t22-,23+/m0/s1. The van der Waals surface area contributed by atoms with Crippen molar-refractivity contribution in [3.05, 3.63) is 77.5 Å². The van der Waals surface area contributed by atoms with E-state index in [0.29, 0.717) is 29.4 Å². The summed E-state index contributed by atoms with van der Waals surface area (Å²) in [6.07, 6.45) is 3.06. The number of carboxylic acids is 1. The summed E-state index contributed by atoms with van der Waals surface area (Å²) in [4.78, 5) is 22.7. The lowest BCUT2D eigenvalue weighted by atomic mass is 10.0. The summed E-state index contributed by atoms with van der Waals surface area (Å²) in [7, 11) is 1.41. The Kier molecular flexibility index (Phi) is 8.63. The van der Waals surface area contributed by atoms with E-state index in [2.05, 4.69) is 22.4 Å². The van der Waals surface area contributed by atoms with Crippen LogP contribution in [-0.4, -0.2) is 36.2 Å². The van der Waals surface area contributed by atoms with Crippen LogP contribution in [0.3, 0.4) is 0 Å². The fraction of sp³-hybridized carbons (Fsp3) is 0.346. The molecular formula is C26H30N2O5. The van der Waals surface area contributed by atoms with Crippen molar-refractivity contribution in [2.75, 3.05) is 13.7 Å². The lowest BCUT2D eigenvalue weighted by Crippen LogP contribution is -2.16. The topological polar surface area (TPSA) is 89.7 Å². The zero-order valence-electron chi connectivity index (χ0n) is 19.2. The van der Waals surface area contributed by atoms with Crippen molar-refractivity contribution in [1.82, 2.24) is 0 Å². The van der Waals surface area contributed by atoms with Gasteiger partial charge in [-0.15, -0.1) is 0 Å². The number of methoxy groups -OCH3 is 1. The van der Waals surface area contributed by atoms with Gasteiger partial charge in [-0.25, -0.2) is 4.79 Å². The maximum Gasteiger partial charge on any atom is 0.339 e. The Hall–Kier alpha value is -3.61. The molecule has 33 heavy (non-hydrogen) atoms. The molecule has 1 fully saturated rings. The summed E-state index contributed by atoms with van der Waals surface area (Å²) < 4.78 is 4.93. The maximum absolute atomic E-state index is 11.6. The normalized spacial score (nSPS) is 18.6. The third-order valence-electron chi connectivity index (χ3n) is 5.39. The Morgan fingerprint density at radius 1 is 1.09 bits per heavy atom. The summed E-state index contributed by atoms with van der Waals surface area (Å²) in [6.45, 7) is 4.53. The Bertz CT molecular complexity index is 1030.